The Morgan fingerprint density at radius 1 is 1.02 bits per heavy atom. The molecule has 244 valence electrons. The Morgan fingerprint density at radius 2 is 1.69 bits per heavy atom. The molecule has 5 aliphatic rings. The largest absolute Gasteiger partial charge is 0.444 e. The number of rotatable bonds is 5. The number of nitrogens with zero attached hydrogens (tertiary/aromatic N) is 7. The fourth-order valence-electron chi connectivity index (χ4n) is 7.77. The smallest absolute Gasteiger partial charge is 0.410 e. The zero-order chi connectivity index (χ0) is 31.7. The van der Waals surface area contributed by atoms with Crippen molar-refractivity contribution in [2.75, 3.05) is 36.4 Å². The first-order chi connectivity index (χ1) is 21.4. The average Bonchev–Trinajstić information content (AvgIpc) is 3.47. The lowest BCUT2D eigenvalue weighted by Crippen LogP contribution is -2.58. The molecule has 2 aromatic rings. The van der Waals surface area contributed by atoms with Crippen molar-refractivity contribution in [3.8, 4) is 0 Å². The summed E-state index contributed by atoms with van der Waals surface area (Å²) in [7, 11) is 0. The molecule has 13 heteroatoms. The van der Waals surface area contributed by atoms with Gasteiger partial charge in [0.2, 0.25) is 11.9 Å². The highest BCUT2D eigenvalue weighted by atomic mass is 16.6. The number of ether oxygens (including phenoxy) is 2. The number of likely N-dealkylation sites (tertiary alicyclic amines) is 1. The van der Waals surface area contributed by atoms with Crippen molar-refractivity contribution >= 4 is 35.5 Å². The van der Waals surface area contributed by atoms with Gasteiger partial charge in [0.15, 0.2) is 5.65 Å². The number of piperidine rings is 1. The third kappa shape index (κ3) is 5.78. The number of hydrogen-bond donors (Lipinski definition) is 1. The van der Waals surface area contributed by atoms with Crippen LogP contribution in [0.15, 0.2) is 6.20 Å². The van der Waals surface area contributed by atoms with Crippen molar-refractivity contribution in [1.82, 2.24) is 29.4 Å². The molecule has 6 heterocycles. The van der Waals surface area contributed by atoms with Gasteiger partial charge in [-0.1, -0.05) is 13.8 Å². The molecule has 2 bridgehead atoms. The molecule has 5 fully saturated rings. The van der Waals surface area contributed by atoms with E-state index in [1.165, 1.54) is 0 Å². The quantitative estimate of drug-likeness (QED) is 0.513. The predicted octanol–water partition coefficient (Wildman–Crippen LogP) is 4.36. The van der Waals surface area contributed by atoms with E-state index in [0.717, 1.165) is 62.8 Å². The summed E-state index contributed by atoms with van der Waals surface area (Å²) in [5, 5.41) is 8.37. The van der Waals surface area contributed by atoms with Gasteiger partial charge in [-0.3, -0.25) is 4.79 Å². The summed E-state index contributed by atoms with van der Waals surface area (Å²) in [6.07, 6.45) is 7.65. The summed E-state index contributed by atoms with van der Waals surface area (Å²) in [5.41, 5.74) is 1.55. The minimum absolute atomic E-state index is 0.0840. The molecule has 4 saturated heterocycles. The van der Waals surface area contributed by atoms with Crippen LogP contribution in [0.25, 0.3) is 5.65 Å². The number of ketones is 1. The zero-order valence-corrected chi connectivity index (χ0v) is 27.1. The molecule has 0 aromatic carbocycles. The lowest BCUT2D eigenvalue weighted by Gasteiger charge is -2.52. The lowest BCUT2D eigenvalue weighted by atomic mass is 9.68. The van der Waals surface area contributed by atoms with Gasteiger partial charge in [0.05, 0.1) is 19.3 Å². The number of nitrogens with one attached hydrogen (secondary N) is 1. The first kappa shape index (κ1) is 30.0. The Hall–Kier alpha value is -3.64. The summed E-state index contributed by atoms with van der Waals surface area (Å²) in [6, 6.07) is 0.295. The maximum absolute atomic E-state index is 13.3. The SMILES string of the molecule is CC(C)c1cnn2c(NC3CC4CCC(C3)N4C(=O)OC3CN(C(=O)OC(C)(C)C)C3)nc(N3CC4(CCC(=O)CC4)C3)nc12. The van der Waals surface area contributed by atoms with E-state index in [-0.39, 0.29) is 47.7 Å². The van der Waals surface area contributed by atoms with Crippen LogP contribution in [0, 0.1) is 5.41 Å². The van der Waals surface area contributed by atoms with E-state index in [1.807, 2.05) is 36.4 Å². The van der Waals surface area contributed by atoms with Gasteiger partial charge in [0.25, 0.3) is 0 Å². The molecule has 2 amide bonds. The molecule has 7 rings (SSSR count). The van der Waals surface area contributed by atoms with Gasteiger partial charge in [-0.15, -0.1) is 0 Å². The predicted molar refractivity (Wildman–Crippen MR) is 166 cm³/mol. The van der Waals surface area contributed by atoms with E-state index in [1.54, 1.807) is 4.90 Å². The Kier molecular flexibility index (Phi) is 7.35. The van der Waals surface area contributed by atoms with E-state index < -0.39 is 5.60 Å². The molecule has 45 heavy (non-hydrogen) atoms. The molecule has 2 unspecified atom stereocenters. The molecule has 13 nitrogen and oxygen atoms in total. The van der Waals surface area contributed by atoms with E-state index >= 15 is 0 Å². The van der Waals surface area contributed by atoms with E-state index in [0.29, 0.717) is 43.6 Å². The first-order valence-electron chi connectivity index (χ1n) is 16.6. The standard InChI is InChI=1S/C32H46N8O5/c1-19(2)25-14-33-40-26(25)35-27(38-17-32(18-38)10-8-23(41)9-11-32)36-28(40)34-20-12-21-6-7-22(13-20)39(21)30(43)44-24-15-37(16-24)29(42)45-31(3,4)5/h14,19-22,24H,6-13,15-18H2,1-5H3,(H,34,35,36). The molecular weight excluding hydrogens is 576 g/mol. The maximum atomic E-state index is 13.3. The number of aromatic nitrogens is 4. The number of carbonyl (C=O) groups is 3. The Balaban J connectivity index is 1.01. The van der Waals surface area contributed by atoms with Crippen molar-refractivity contribution in [2.45, 2.75) is 122 Å². The molecule has 1 saturated carbocycles. The number of carbonyl (C=O) groups excluding carboxylic acids is 3. The van der Waals surface area contributed by atoms with Crippen LogP contribution < -0.4 is 10.2 Å². The second-order valence-electron chi connectivity index (χ2n) is 15.2. The summed E-state index contributed by atoms with van der Waals surface area (Å²) >= 11 is 0. The van der Waals surface area contributed by atoms with E-state index in [4.69, 9.17) is 19.4 Å². The van der Waals surface area contributed by atoms with Crippen LogP contribution in [0.5, 0.6) is 0 Å². The van der Waals surface area contributed by atoms with Crippen LogP contribution in [0.1, 0.15) is 97.5 Å². The number of anilines is 2. The van der Waals surface area contributed by atoms with Crippen LogP contribution in [0.2, 0.25) is 0 Å². The van der Waals surface area contributed by atoms with Crippen molar-refractivity contribution in [1.29, 1.82) is 0 Å². The third-order valence-electron chi connectivity index (χ3n) is 10.3. The second-order valence-corrected chi connectivity index (χ2v) is 15.2. The van der Waals surface area contributed by atoms with E-state index in [9.17, 15) is 14.4 Å². The molecule has 1 spiro atoms. The second kappa shape index (κ2) is 11.0. The normalized spacial score (nSPS) is 26.3. The number of hydrogen-bond acceptors (Lipinski definition) is 10. The minimum Gasteiger partial charge on any atom is -0.444 e. The van der Waals surface area contributed by atoms with Crippen LogP contribution in [0.4, 0.5) is 21.5 Å². The summed E-state index contributed by atoms with van der Waals surface area (Å²) < 4.78 is 13.1. The molecule has 1 N–H and O–H groups in total. The Morgan fingerprint density at radius 3 is 2.31 bits per heavy atom. The van der Waals surface area contributed by atoms with Crippen molar-refractivity contribution in [3.05, 3.63) is 11.8 Å². The molecule has 1 aliphatic carbocycles. The van der Waals surface area contributed by atoms with Crippen molar-refractivity contribution in [3.63, 3.8) is 0 Å². The van der Waals surface area contributed by atoms with Crippen LogP contribution >= 0.6 is 0 Å². The molecule has 2 aromatic heterocycles. The van der Waals surface area contributed by atoms with Crippen molar-refractivity contribution < 1.29 is 23.9 Å². The highest BCUT2D eigenvalue weighted by Gasteiger charge is 2.48. The minimum atomic E-state index is -0.557. The number of Topliss-reactive ketones (excluding diaryl/α,β-unsaturated/α-hetero) is 1. The van der Waals surface area contributed by atoms with Crippen LogP contribution in [0.3, 0.4) is 0 Å². The average molecular weight is 623 g/mol. The highest BCUT2D eigenvalue weighted by molar-refractivity contribution is 5.79. The molecule has 2 atom stereocenters. The summed E-state index contributed by atoms with van der Waals surface area (Å²) in [6.45, 7) is 12.3. The fraction of sp³-hybridized carbons (Fsp3) is 0.750. The van der Waals surface area contributed by atoms with Crippen LogP contribution in [-0.2, 0) is 14.3 Å². The Bertz CT molecular complexity index is 1460. The fourth-order valence-corrected chi connectivity index (χ4v) is 7.77. The molecule has 0 radical (unpaired) electrons. The zero-order valence-electron chi connectivity index (χ0n) is 27.1. The summed E-state index contributed by atoms with van der Waals surface area (Å²) in [5.74, 6) is 2.03. The van der Waals surface area contributed by atoms with Gasteiger partial charge in [-0.05, 0) is 65.2 Å². The monoisotopic (exact) mass is 622 g/mol. The van der Waals surface area contributed by atoms with Gasteiger partial charge >= 0.3 is 12.2 Å². The number of fused-ring (bicyclic) bond motifs is 3. The highest BCUT2D eigenvalue weighted by Crippen LogP contribution is 2.44. The van der Waals surface area contributed by atoms with Gasteiger partial charge in [-0.25, -0.2) is 9.59 Å². The van der Waals surface area contributed by atoms with Gasteiger partial charge in [0, 0.05) is 55.0 Å². The van der Waals surface area contributed by atoms with E-state index in [2.05, 4.69) is 29.2 Å². The molecule has 4 aliphatic heterocycles. The first-order valence-corrected chi connectivity index (χ1v) is 16.6. The summed E-state index contributed by atoms with van der Waals surface area (Å²) in [4.78, 5) is 53.1. The topological polar surface area (TPSA) is 134 Å². The number of amides is 2. The third-order valence-corrected chi connectivity index (χ3v) is 10.3. The Labute approximate surface area is 264 Å². The van der Waals surface area contributed by atoms with Gasteiger partial charge in [-0.2, -0.15) is 19.6 Å². The van der Waals surface area contributed by atoms with Gasteiger partial charge in [0.1, 0.15) is 17.5 Å². The lowest BCUT2D eigenvalue weighted by molar-refractivity contribution is -0.122. The van der Waals surface area contributed by atoms with Crippen LogP contribution in [-0.4, -0.2) is 103 Å². The van der Waals surface area contributed by atoms with Crippen molar-refractivity contribution in [2.24, 2.45) is 5.41 Å². The maximum Gasteiger partial charge on any atom is 0.410 e. The molecular formula is C32H46N8O5. The van der Waals surface area contributed by atoms with Gasteiger partial charge < -0.3 is 29.5 Å².